The van der Waals surface area contributed by atoms with Gasteiger partial charge >= 0.3 is 0 Å². The quantitative estimate of drug-likeness (QED) is 0.492. The third-order valence-electron chi connectivity index (χ3n) is 5.75. The van der Waals surface area contributed by atoms with Crippen molar-refractivity contribution in [2.45, 2.75) is 25.7 Å². The van der Waals surface area contributed by atoms with Crippen LogP contribution in [0.25, 0.3) is 16.6 Å². The summed E-state index contributed by atoms with van der Waals surface area (Å²) in [7, 11) is 0. The Morgan fingerprint density at radius 3 is 2.73 bits per heavy atom. The molecule has 7 heteroatoms. The Labute approximate surface area is 173 Å². The highest BCUT2D eigenvalue weighted by molar-refractivity contribution is 6.11. The summed E-state index contributed by atoms with van der Waals surface area (Å²) in [6.45, 7) is 3.81. The van der Waals surface area contributed by atoms with Gasteiger partial charge in [0.05, 0.1) is 22.3 Å². The fourth-order valence-electron chi connectivity index (χ4n) is 4.28. The molecule has 152 valence electrons. The van der Waals surface area contributed by atoms with Gasteiger partial charge in [-0.15, -0.1) is 0 Å². The standard InChI is InChI=1S/C23H23N5O2/c1-14-4-2-5-16(12-14)23(30)25-17-6-3-7-18-21(17)22-26-20(29)13-19(28(22)27-18)15-8-10-24-11-9-15/h2-7,12-13,15,24H,8-11H2,1H3,(H,25,30)(H,26,29). The zero-order valence-electron chi connectivity index (χ0n) is 16.7. The first-order valence-electron chi connectivity index (χ1n) is 10.2. The zero-order valence-corrected chi connectivity index (χ0v) is 16.7. The van der Waals surface area contributed by atoms with E-state index in [1.807, 2.05) is 47.8 Å². The largest absolute Gasteiger partial charge is 0.321 e. The third-order valence-corrected chi connectivity index (χ3v) is 5.75. The Kier molecular flexibility index (Phi) is 4.59. The number of carbonyl (C=O) groups excluding carboxylic acids is 1. The number of nitrogens with one attached hydrogen (secondary N) is 3. The van der Waals surface area contributed by atoms with E-state index in [1.165, 1.54) is 0 Å². The maximum Gasteiger partial charge on any atom is 0.255 e. The number of fused-ring (bicyclic) bond motifs is 3. The molecule has 3 heterocycles. The summed E-state index contributed by atoms with van der Waals surface area (Å²) in [5, 5.41) is 11.9. The van der Waals surface area contributed by atoms with Crippen LogP contribution in [0.5, 0.6) is 0 Å². The van der Waals surface area contributed by atoms with Gasteiger partial charge in [0.1, 0.15) is 5.65 Å². The molecule has 0 radical (unpaired) electrons. The molecule has 7 nitrogen and oxygen atoms in total. The van der Waals surface area contributed by atoms with Crippen molar-refractivity contribution >= 4 is 28.1 Å². The number of piperidine rings is 1. The van der Waals surface area contributed by atoms with Crippen LogP contribution in [0.2, 0.25) is 0 Å². The van der Waals surface area contributed by atoms with E-state index in [4.69, 9.17) is 5.10 Å². The third kappa shape index (κ3) is 3.27. The monoisotopic (exact) mass is 401 g/mol. The SMILES string of the molecule is Cc1cccc(C(=O)Nc2cccc3nn4c(C5CCNCC5)cc(=O)[nH]c4c23)c1. The number of hydrogen-bond acceptors (Lipinski definition) is 4. The first kappa shape index (κ1) is 18.6. The molecule has 2 aromatic carbocycles. The van der Waals surface area contributed by atoms with Gasteiger partial charge in [-0.25, -0.2) is 4.52 Å². The van der Waals surface area contributed by atoms with E-state index in [0.717, 1.165) is 48.1 Å². The average Bonchev–Trinajstić information content (AvgIpc) is 3.13. The molecule has 0 unspecified atom stereocenters. The van der Waals surface area contributed by atoms with Gasteiger partial charge in [0.2, 0.25) is 0 Å². The van der Waals surface area contributed by atoms with Gasteiger partial charge in [-0.3, -0.25) is 9.59 Å². The molecule has 4 aromatic rings. The number of aryl methyl sites for hydroxylation is 1. The highest BCUT2D eigenvalue weighted by Gasteiger charge is 2.22. The number of H-pyrrole nitrogens is 1. The lowest BCUT2D eigenvalue weighted by atomic mass is 9.94. The van der Waals surface area contributed by atoms with Gasteiger partial charge in [-0.1, -0.05) is 23.8 Å². The fraction of sp³-hybridized carbons (Fsp3) is 0.261. The lowest BCUT2D eigenvalue weighted by Gasteiger charge is -2.23. The number of rotatable bonds is 3. The van der Waals surface area contributed by atoms with Crippen LogP contribution in [0.4, 0.5) is 5.69 Å². The summed E-state index contributed by atoms with van der Waals surface area (Å²) in [4.78, 5) is 28.2. The maximum absolute atomic E-state index is 12.8. The second-order valence-corrected chi connectivity index (χ2v) is 7.87. The van der Waals surface area contributed by atoms with E-state index >= 15 is 0 Å². The zero-order chi connectivity index (χ0) is 20.7. The van der Waals surface area contributed by atoms with E-state index in [-0.39, 0.29) is 17.4 Å². The van der Waals surface area contributed by atoms with E-state index in [1.54, 1.807) is 12.1 Å². The van der Waals surface area contributed by atoms with Crippen LogP contribution in [0.3, 0.4) is 0 Å². The predicted octanol–water partition coefficient (Wildman–Crippen LogP) is 3.20. The van der Waals surface area contributed by atoms with Crippen molar-refractivity contribution < 1.29 is 4.79 Å². The van der Waals surface area contributed by atoms with Gasteiger partial charge in [-0.05, 0) is 57.1 Å². The van der Waals surface area contributed by atoms with Crippen LogP contribution >= 0.6 is 0 Å². The Hall–Kier alpha value is -3.45. The van der Waals surface area contributed by atoms with E-state index in [0.29, 0.717) is 16.9 Å². The lowest BCUT2D eigenvalue weighted by molar-refractivity contribution is 0.102. The van der Waals surface area contributed by atoms with E-state index < -0.39 is 0 Å². The summed E-state index contributed by atoms with van der Waals surface area (Å²) in [6, 6.07) is 14.7. The van der Waals surface area contributed by atoms with Gasteiger partial charge in [-0.2, -0.15) is 5.10 Å². The van der Waals surface area contributed by atoms with Crippen LogP contribution in [0.15, 0.2) is 53.3 Å². The number of anilines is 1. The van der Waals surface area contributed by atoms with Crippen molar-refractivity contribution in [1.82, 2.24) is 19.9 Å². The first-order valence-corrected chi connectivity index (χ1v) is 10.2. The smallest absolute Gasteiger partial charge is 0.255 e. The molecule has 1 aliphatic heterocycles. The molecule has 0 saturated carbocycles. The minimum Gasteiger partial charge on any atom is -0.321 e. The molecule has 1 saturated heterocycles. The summed E-state index contributed by atoms with van der Waals surface area (Å²) in [5.74, 6) is 0.0816. The van der Waals surface area contributed by atoms with Crippen LogP contribution in [-0.4, -0.2) is 33.6 Å². The van der Waals surface area contributed by atoms with Gasteiger partial charge < -0.3 is 15.6 Å². The number of aromatic amines is 1. The minimum absolute atomic E-state index is 0.155. The van der Waals surface area contributed by atoms with Crippen LogP contribution in [0.1, 0.15) is 40.4 Å². The molecule has 0 spiro atoms. The molecule has 1 fully saturated rings. The molecule has 3 N–H and O–H groups in total. The highest BCUT2D eigenvalue weighted by atomic mass is 16.1. The predicted molar refractivity (Wildman–Crippen MR) is 117 cm³/mol. The van der Waals surface area contributed by atoms with Crippen LogP contribution in [-0.2, 0) is 0 Å². The fourth-order valence-corrected chi connectivity index (χ4v) is 4.28. The molecule has 0 bridgehead atoms. The molecule has 30 heavy (non-hydrogen) atoms. The summed E-state index contributed by atoms with van der Waals surface area (Å²) < 4.78 is 1.84. The number of amides is 1. The molecule has 1 amide bonds. The second kappa shape index (κ2) is 7.42. The van der Waals surface area contributed by atoms with Gasteiger partial charge in [0.25, 0.3) is 11.5 Å². The number of aromatic nitrogens is 3. The van der Waals surface area contributed by atoms with Gasteiger partial charge in [0.15, 0.2) is 0 Å². The molecule has 0 aliphatic carbocycles. The highest BCUT2D eigenvalue weighted by Crippen LogP contribution is 2.30. The molecule has 5 rings (SSSR count). The van der Waals surface area contributed by atoms with Crippen molar-refractivity contribution in [1.29, 1.82) is 0 Å². The normalized spacial score (nSPS) is 15.0. The number of hydrogen-bond donors (Lipinski definition) is 3. The van der Waals surface area contributed by atoms with Crippen LogP contribution in [0, 0.1) is 6.92 Å². The second-order valence-electron chi connectivity index (χ2n) is 7.87. The van der Waals surface area contributed by atoms with Crippen molar-refractivity contribution in [3.8, 4) is 0 Å². The number of nitrogens with zero attached hydrogens (tertiary/aromatic N) is 2. The molecule has 2 aromatic heterocycles. The molecular formula is C23H23N5O2. The number of carbonyl (C=O) groups is 1. The first-order chi connectivity index (χ1) is 14.6. The van der Waals surface area contributed by atoms with Crippen molar-refractivity contribution in [2.75, 3.05) is 18.4 Å². The summed E-state index contributed by atoms with van der Waals surface area (Å²) in [5.41, 5.74) is 4.35. The summed E-state index contributed by atoms with van der Waals surface area (Å²) >= 11 is 0. The Morgan fingerprint density at radius 2 is 1.93 bits per heavy atom. The number of benzene rings is 2. The Balaban J connectivity index is 1.63. The van der Waals surface area contributed by atoms with Crippen molar-refractivity contribution in [2.24, 2.45) is 0 Å². The van der Waals surface area contributed by atoms with Gasteiger partial charge in [0, 0.05) is 17.5 Å². The molecule has 1 aliphatic rings. The van der Waals surface area contributed by atoms with Crippen molar-refractivity contribution in [3.63, 3.8) is 0 Å². The molecule has 0 atom stereocenters. The minimum atomic E-state index is -0.192. The maximum atomic E-state index is 12.8. The summed E-state index contributed by atoms with van der Waals surface area (Å²) in [6.07, 6.45) is 1.93. The van der Waals surface area contributed by atoms with E-state index in [9.17, 15) is 9.59 Å². The average molecular weight is 401 g/mol. The molecular weight excluding hydrogens is 378 g/mol. The lowest BCUT2D eigenvalue weighted by Crippen LogP contribution is -2.28. The van der Waals surface area contributed by atoms with E-state index in [2.05, 4.69) is 15.6 Å². The Bertz CT molecular complexity index is 1310. The van der Waals surface area contributed by atoms with Crippen molar-refractivity contribution in [3.05, 3.63) is 75.7 Å². The Morgan fingerprint density at radius 1 is 1.13 bits per heavy atom. The van der Waals surface area contributed by atoms with Crippen LogP contribution < -0.4 is 16.2 Å². The topological polar surface area (TPSA) is 91.3 Å².